The predicted molar refractivity (Wildman–Crippen MR) is 145 cm³/mol. The Labute approximate surface area is 237 Å². The molecule has 40 heavy (non-hydrogen) atoms. The van der Waals surface area contributed by atoms with Gasteiger partial charge in [0.2, 0.25) is 5.71 Å². The molecule has 0 saturated heterocycles. The van der Waals surface area contributed by atoms with Gasteiger partial charge in [-0.15, -0.1) is 0 Å². The van der Waals surface area contributed by atoms with Crippen LogP contribution in [0.3, 0.4) is 0 Å². The van der Waals surface area contributed by atoms with Crippen molar-refractivity contribution in [2.24, 2.45) is 10.8 Å². The van der Waals surface area contributed by atoms with E-state index in [0.29, 0.717) is 30.8 Å². The molecular formula is C27H20Cl2FN5O5. The highest BCUT2D eigenvalue weighted by Gasteiger charge is 2.26. The van der Waals surface area contributed by atoms with Crippen LogP contribution in [0.25, 0.3) is 0 Å². The van der Waals surface area contributed by atoms with Crippen LogP contribution in [0.5, 0.6) is 11.5 Å². The first-order valence-corrected chi connectivity index (χ1v) is 12.4. The summed E-state index contributed by atoms with van der Waals surface area (Å²) in [5, 5.41) is 12.7. The summed E-state index contributed by atoms with van der Waals surface area (Å²) < 4.78 is 23.7. The molecular weight excluding hydrogens is 564 g/mol. The first kappa shape index (κ1) is 28.4. The van der Waals surface area contributed by atoms with Gasteiger partial charge in [-0.25, -0.2) is 14.0 Å². The number of hydrazone groups is 1. The number of carbonyl (C=O) groups excluding carboxylic acids is 3. The number of anilines is 1. The van der Waals surface area contributed by atoms with Crippen LogP contribution < -0.4 is 15.9 Å². The number of nitrogens with zero attached hydrogens (tertiary/aromatic N) is 3. The van der Waals surface area contributed by atoms with E-state index in [-0.39, 0.29) is 33.2 Å². The van der Waals surface area contributed by atoms with Crippen LogP contribution in [0.1, 0.15) is 27.0 Å². The maximum Gasteiger partial charge on any atom is 0.412 e. The Bertz CT molecular complexity index is 1580. The number of hydrogen-bond donors (Lipinski definition) is 2. The van der Waals surface area contributed by atoms with Crippen molar-refractivity contribution in [3.05, 3.63) is 86.6 Å². The number of primary amides is 1. The number of nitrogens with two attached hydrogens (primary N) is 1. The molecule has 1 aliphatic heterocycles. The summed E-state index contributed by atoms with van der Waals surface area (Å²) in [5.74, 6) is -1.34. The second-order valence-electron chi connectivity index (χ2n) is 8.63. The van der Waals surface area contributed by atoms with Crippen molar-refractivity contribution in [1.82, 2.24) is 4.90 Å². The molecule has 0 atom stereocenters. The number of ether oxygens (including phenoxy) is 2. The van der Waals surface area contributed by atoms with E-state index < -0.39 is 17.8 Å². The van der Waals surface area contributed by atoms with Gasteiger partial charge < -0.3 is 20.1 Å². The van der Waals surface area contributed by atoms with Crippen molar-refractivity contribution >= 4 is 52.6 Å². The molecule has 0 radical (unpaired) electrons. The van der Waals surface area contributed by atoms with E-state index in [4.69, 9.17) is 38.9 Å². The third-order valence-electron chi connectivity index (χ3n) is 5.93. The van der Waals surface area contributed by atoms with Crippen LogP contribution in [0.15, 0.2) is 53.6 Å². The first-order chi connectivity index (χ1) is 19.0. The number of fused-ring (bicyclic) bond motifs is 1. The van der Waals surface area contributed by atoms with E-state index in [0.717, 1.165) is 16.7 Å². The van der Waals surface area contributed by atoms with Gasteiger partial charge in [0, 0.05) is 18.7 Å². The van der Waals surface area contributed by atoms with Crippen molar-refractivity contribution in [2.45, 2.75) is 19.9 Å². The summed E-state index contributed by atoms with van der Waals surface area (Å²) in [4.78, 5) is 37.1. The lowest BCUT2D eigenvalue weighted by Crippen LogP contribution is -2.37. The fourth-order valence-electron chi connectivity index (χ4n) is 3.96. The lowest BCUT2D eigenvalue weighted by molar-refractivity contribution is -0.129. The van der Waals surface area contributed by atoms with E-state index in [9.17, 15) is 18.8 Å². The van der Waals surface area contributed by atoms with Crippen molar-refractivity contribution in [1.29, 1.82) is 5.26 Å². The van der Waals surface area contributed by atoms with Gasteiger partial charge in [-0.2, -0.15) is 10.4 Å². The third-order valence-corrected chi connectivity index (χ3v) is 6.49. The minimum Gasteiger partial charge on any atom is -0.454 e. The summed E-state index contributed by atoms with van der Waals surface area (Å²) in [6, 6.07) is 13.7. The molecule has 2 amide bonds. The molecule has 10 nitrogen and oxygen atoms in total. The van der Waals surface area contributed by atoms with E-state index >= 15 is 0 Å². The second kappa shape index (κ2) is 12.0. The van der Waals surface area contributed by atoms with Crippen molar-refractivity contribution < 1.29 is 28.2 Å². The highest BCUT2D eigenvalue weighted by molar-refractivity contribution is 6.44. The van der Waals surface area contributed by atoms with E-state index in [1.165, 1.54) is 30.3 Å². The van der Waals surface area contributed by atoms with Gasteiger partial charge in [0.15, 0.2) is 5.75 Å². The molecule has 4 rings (SSSR count). The fraction of sp³-hybridized carbons (Fsp3) is 0.148. The molecule has 1 aliphatic rings. The number of aryl methyl sites for hydroxylation is 1. The first-order valence-electron chi connectivity index (χ1n) is 11.6. The smallest absolute Gasteiger partial charge is 0.412 e. The highest BCUT2D eigenvalue weighted by atomic mass is 35.5. The third kappa shape index (κ3) is 6.48. The van der Waals surface area contributed by atoms with Crippen LogP contribution in [-0.4, -0.2) is 35.1 Å². The molecule has 0 aliphatic carbocycles. The number of esters is 1. The molecule has 0 bridgehead atoms. The average molecular weight is 584 g/mol. The Hall–Kier alpha value is -4.66. The Morgan fingerprint density at radius 3 is 2.58 bits per heavy atom. The van der Waals surface area contributed by atoms with Crippen molar-refractivity contribution in [3.63, 3.8) is 0 Å². The summed E-state index contributed by atoms with van der Waals surface area (Å²) in [6.07, 6.45) is -0.822. The summed E-state index contributed by atoms with van der Waals surface area (Å²) in [6.45, 7) is 2.63. The standard InChI is InChI=1S/C27H20Cl2FN5O5/c1-14-2-3-17(30)8-16(14)13-35-7-6-15-9-19(4-5-20(15)25(35)36)39-24-21(28)10-18(11-22(24)29)33-34-23(12-31)26(37)40-27(32)38/h2-5,8-11,33H,6-7,13H2,1H3,(H2,32,38). The maximum atomic E-state index is 13.7. The van der Waals surface area contributed by atoms with Crippen LogP contribution in [-0.2, 0) is 22.5 Å². The van der Waals surface area contributed by atoms with E-state index in [1.807, 2.05) is 6.92 Å². The van der Waals surface area contributed by atoms with E-state index in [2.05, 4.69) is 15.3 Å². The monoisotopic (exact) mass is 583 g/mol. The number of nitriles is 1. The number of amides is 2. The minimum absolute atomic E-state index is 0.0776. The van der Waals surface area contributed by atoms with Gasteiger partial charge in [0.05, 0.1) is 15.7 Å². The van der Waals surface area contributed by atoms with Crippen LogP contribution in [0, 0.1) is 24.1 Å². The predicted octanol–water partition coefficient (Wildman–Crippen LogP) is 5.35. The molecule has 0 saturated carbocycles. The topological polar surface area (TPSA) is 147 Å². The molecule has 204 valence electrons. The Morgan fingerprint density at radius 2 is 1.90 bits per heavy atom. The molecule has 1 heterocycles. The van der Waals surface area contributed by atoms with Gasteiger partial charge in [0.25, 0.3) is 5.91 Å². The number of carbonyl (C=O) groups is 3. The Morgan fingerprint density at radius 1 is 1.18 bits per heavy atom. The lowest BCUT2D eigenvalue weighted by Gasteiger charge is -2.29. The average Bonchev–Trinajstić information content (AvgIpc) is 2.90. The summed E-state index contributed by atoms with van der Waals surface area (Å²) >= 11 is 12.7. The quantitative estimate of drug-likeness (QED) is 0.165. The molecule has 0 spiro atoms. The summed E-state index contributed by atoms with van der Waals surface area (Å²) in [5.41, 5.74) is 9.56. The van der Waals surface area contributed by atoms with Gasteiger partial charge in [-0.3, -0.25) is 10.2 Å². The number of benzene rings is 3. The number of rotatable bonds is 7. The van der Waals surface area contributed by atoms with Gasteiger partial charge in [-0.05, 0) is 72.5 Å². The van der Waals surface area contributed by atoms with Crippen LogP contribution >= 0.6 is 23.2 Å². The van der Waals surface area contributed by atoms with Crippen molar-refractivity contribution in [3.8, 4) is 17.6 Å². The Balaban J connectivity index is 1.48. The molecule has 0 fully saturated rings. The number of nitrogens with one attached hydrogen (secondary N) is 1. The van der Waals surface area contributed by atoms with Gasteiger partial charge in [-0.1, -0.05) is 29.3 Å². The SMILES string of the molecule is Cc1ccc(F)cc1CN1CCc2cc(Oc3c(Cl)cc(NN=C(C#N)C(=O)OC(N)=O)cc3Cl)ccc2C1=O. The normalized spacial score (nSPS) is 12.8. The van der Waals surface area contributed by atoms with Crippen LogP contribution in [0.4, 0.5) is 14.9 Å². The molecule has 0 aromatic heterocycles. The molecule has 13 heteroatoms. The number of hydrogen-bond acceptors (Lipinski definition) is 8. The zero-order valence-corrected chi connectivity index (χ0v) is 22.3. The molecule has 3 aromatic rings. The Kier molecular flexibility index (Phi) is 8.52. The fourth-order valence-corrected chi connectivity index (χ4v) is 4.52. The zero-order chi connectivity index (χ0) is 29.0. The summed E-state index contributed by atoms with van der Waals surface area (Å²) in [7, 11) is 0. The maximum absolute atomic E-state index is 13.7. The van der Waals surface area contributed by atoms with Crippen LogP contribution in [0.2, 0.25) is 10.0 Å². The highest BCUT2D eigenvalue weighted by Crippen LogP contribution is 2.39. The minimum atomic E-state index is -1.39. The number of halogens is 3. The van der Waals surface area contributed by atoms with Crippen molar-refractivity contribution in [2.75, 3.05) is 12.0 Å². The molecule has 0 unspecified atom stereocenters. The lowest BCUT2D eigenvalue weighted by atomic mass is 9.97. The second-order valence-corrected chi connectivity index (χ2v) is 9.44. The van der Waals surface area contributed by atoms with Gasteiger partial charge >= 0.3 is 12.1 Å². The van der Waals surface area contributed by atoms with E-state index in [1.54, 1.807) is 29.2 Å². The molecule has 3 N–H and O–H groups in total. The zero-order valence-electron chi connectivity index (χ0n) is 20.8. The largest absolute Gasteiger partial charge is 0.454 e. The molecule has 3 aromatic carbocycles. The van der Waals surface area contributed by atoms with Gasteiger partial charge in [0.1, 0.15) is 17.6 Å².